The summed E-state index contributed by atoms with van der Waals surface area (Å²) in [6, 6.07) is 8.33. The van der Waals surface area contributed by atoms with Crippen LogP contribution in [0.2, 0.25) is 0 Å². The van der Waals surface area contributed by atoms with Gasteiger partial charge in [0.2, 0.25) is 5.91 Å². The Labute approximate surface area is 152 Å². The molecule has 136 valence electrons. The number of halogens is 1. The Balaban J connectivity index is 1.91. The number of rotatable bonds is 5. The van der Waals surface area contributed by atoms with E-state index in [9.17, 15) is 14.0 Å². The molecule has 1 aliphatic carbocycles. The van der Waals surface area contributed by atoms with Crippen LogP contribution in [0.4, 0.5) is 10.1 Å². The molecule has 0 bridgehead atoms. The van der Waals surface area contributed by atoms with E-state index in [2.05, 4.69) is 5.32 Å². The second-order valence-corrected chi connectivity index (χ2v) is 7.09. The van der Waals surface area contributed by atoms with Crippen LogP contribution in [0.1, 0.15) is 41.3 Å². The van der Waals surface area contributed by atoms with Crippen molar-refractivity contribution in [2.45, 2.75) is 39.7 Å². The highest BCUT2D eigenvalue weighted by atomic mass is 19.1. The third-order valence-electron chi connectivity index (χ3n) is 4.83. The minimum Gasteiger partial charge on any atom is -0.399 e. The van der Waals surface area contributed by atoms with Crippen molar-refractivity contribution < 1.29 is 14.0 Å². The molecule has 1 amide bonds. The number of nitrogen functional groups attached to an aromatic ring is 1. The summed E-state index contributed by atoms with van der Waals surface area (Å²) in [5, 5.41) is 2.87. The van der Waals surface area contributed by atoms with Gasteiger partial charge in [0.1, 0.15) is 5.82 Å². The van der Waals surface area contributed by atoms with E-state index in [1.165, 1.54) is 6.07 Å². The quantitative estimate of drug-likeness (QED) is 0.487. The van der Waals surface area contributed by atoms with Crippen molar-refractivity contribution in [3.63, 3.8) is 0 Å². The van der Waals surface area contributed by atoms with Gasteiger partial charge in [-0.1, -0.05) is 6.07 Å². The maximum absolute atomic E-state index is 14.3. The normalized spacial score (nSPS) is 14.8. The van der Waals surface area contributed by atoms with E-state index in [0.29, 0.717) is 22.4 Å². The van der Waals surface area contributed by atoms with Gasteiger partial charge in [0.05, 0.1) is 5.92 Å². The smallest absolute Gasteiger partial charge is 0.230 e. The largest absolute Gasteiger partial charge is 0.399 e. The number of carbonyl (C=O) groups is 2. The number of hydrogen-bond donors (Lipinski definition) is 2. The predicted molar refractivity (Wildman–Crippen MR) is 100 cm³/mol. The van der Waals surface area contributed by atoms with Gasteiger partial charge in [-0.05, 0) is 74.6 Å². The summed E-state index contributed by atoms with van der Waals surface area (Å²) in [5.41, 5.74) is 9.13. The maximum Gasteiger partial charge on any atom is 0.230 e. The number of aryl methyl sites for hydroxylation is 2. The van der Waals surface area contributed by atoms with Crippen LogP contribution >= 0.6 is 0 Å². The molecule has 2 aromatic rings. The summed E-state index contributed by atoms with van der Waals surface area (Å²) in [5.74, 6) is -1.59. The average molecular weight is 354 g/mol. The molecule has 0 spiro atoms. The van der Waals surface area contributed by atoms with Crippen LogP contribution in [-0.2, 0) is 4.79 Å². The fraction of sp³-hybridized carbons (Fsp3) is 0.333. The van der Waals surface area contributed by atoms with Crippen LogP contribution in [0.15, 0.2) is 30.3 Å². The number of ketones is 1. The van der Waals surface area contributed by atoms with E-state index in [1.54, 1.807) is 38.1 Å². The molecule has 1 atom stereocenters. The van der Waals surface area contributed by atoms with Crippen LogP contribution in [0.5, 0.6) is 0 Å². The van der Waals surface area contributed by atoms with Gasteiger partial charge in [0.25, 0.3) is 0 Å². The third-order valence-corrected chi connectivity index (χ3v) is 4.83. The average Bonchev–Trinajstić information content (AvgIpc) is 3.39. The number of Topliss-reactive ketones (excluding diaryl/α,β-unsaturated/α-hetero) is 1. The van der Waals surface area contributed by atoms with E-state index in [0.717, 1.165) is 24.0 Å². The van der Waals surface area contributed by atoms with Crippen LogP contribution in [0.3, 0.4) is 0 Å². The first kappa shape index (κ1) is 18.1. The molecule has 0 aliphatic heterocycles. The molecule has 0 aromatic heterocycles. The van der Waals surface area contributed by atoms with Crippen molar-refractivity contribution in [2.75, 3.05) is 5.73 Å². The third kappa shape index (κ3) is 3.62. The van der Waals surface area contributed by atoms with Crippen molar-refractivity contribution in [2.24, 2.45) is 5.92 Å². The highest BCUT2D eigenvalue weighted by molar-refractivity contribution is 6.10. The number of nitrogens with two attached hydrogens (primary N) is 1. The van der Waals surface area contributed by atoms with E-state index in [4.69, 9.17) is 5.73 Å². The van der Waals surface area contributed by atoms with Crippen molar-refractivity contribution in [1.29, 1.82) is 0 Å². The first-order valence-corrected chi connectivity index (χ1v) is 8.79. The van der Waals surface area contributed by atoms with Crippen LogP contribution in [-0.4, -0.2) is 17.7 Å². The number of hydrogen-bond acceptors (Lipinski definition) is 3. The molecule has 3 N–H and O–H groups in total. The minimum absolute atomic E-state index is 0.215. The van der Waals surface area contributed by atoms with Crippen molar-refractivity contribution in [3.8, 4) is 11.1 Å². The van der Waals surface area contributed by atoms with Crippen molar-refractivity contribution in [3.05, 3.63) is 52.8 Å². The summed E-state index contributed by atoms with van der Waals surface area (Å²) in [4.78, 5) is 24.9. The molecule has 0 saturated heterocycles. The Morgan fingerprint density at radius 3 is 2.42 bits per heavy atom. The Bertz CT molecular complexity index is 888. The predicted octanol–water partition coefficient (Wildman–Crippen LogP) is 3.79. The number of benzene rings is 2. The molecular formula is C21H23FN2O2. The van der Waals surface area contributed by atoms with E-state index in [1.807, 2.05) is 6.92 Å². The summed E-state index contributed by atoms with van der Waals surface area (Å²) in [6.07, 6.45) is 1.96. The SMILES string of the molecule is Cc1cc(-c2ccc(N)cc2F)c(C)cc1C(=O)C(C)C(=O)NC1CC1. The molecule has 3 rings (SSSR count). The Hall–Kier alpha value is -2.69. The second-order valence-electron chi connectivity index (χ2n) is 7.09. The first-order valence-electron chi connectivity index (χ1n) is 8.79. The van der Waals surface area contributed by atoms with Crippen LogP contribution in [0.25, 0.3) is 11.1 Å². The van der Waals surface area contributed by atoms with Crippen LogP contribution in [0, 0.1) is 25.6 Å². The van der Waals surface area contributed by atoms with E-state index in [-0.39, 0.29) is 17.7 Å². The van der Waals surface area contributed by atoms with E-state index < -0.39 is 11.7 Å². The molecule has 0 heterocycles. The molecule has 1 saturated carbocycles. The fourth-order valence-electron chi connectivity index (χ4n) is 3.03. The van der Waals surface area contributed by atoms with Gasteiger partial charge < -0.3 is 11.1 Å². The van der Waals surface area contributed by atoms with Gasteiger partial charge in [0.15, 0.2) is 5.78 Å². The van der Waals surface area contributed by atoms with Crippen molar-refractivity contribution >= 4 is 17.4 Å². The van der Waals surface area contributed by atoms with E-state index >= 15 is 0 Å². The van der Waals surface area contributed by atoms with Gasteiger partial charge in [-0.3, -0.25) is 9.59 Å². The monoisotopic (exact) mass is 354 g/mol. The lowest BCUT2D eigenvalue weighted by Gasteiger charge is -2.16. The van der Waals surface area contributed by atoms with Crippen LogP contribution < -0.4 is 11.1 Å². The molecule has 1 unspecified atom stereocenters. The zero-order valence-corrected chi connectivity index (χ0v) is 15.2. The molecule has 2 aromatic carbocycles. The second kappa shape index (κ2) is 6.90. The minimum atomic E-state index is -0.743. The van der Waals surface area contributed by atoms with Gasteiger partial charge in [-0.25, -0.2) is 4.39 Å². The molecule has 0 radical (unpaired) electrons. The van der Waals surface area contributed by atoms with Gasteiger partial charge in [-0.15, -0.1) is 0 Å². The Morgan fingerprint density at radius 2 is 1.81 bits per heavy atom. The zero-order chi connectivity index (χ0) is 19.0. The zero-order valence-electron chi connectivity index (χ0n) is 15.2. The summed E-state index contributed by atoms with van der Waals surface area (Å²) < 4.78 is 14.3. The Kier molecular flexibility index (Phi) is 4.81. The standard InChI is InChI=1S/C21H23FN2O2/c1-11-9-18(20(25)13(3)21(26)24-15-5-6-15)12(2)8-17(11)16-7-4-14(23)10-19(16)22/h4,7-10,13,15H,5-6,23H2,1-3H3,(H,24,26). The van der Waals surface area contributed by atoms with Gasteiger partial charge in [-0.2, -0.15) is 0 Å². The number of carbonyl (C=O) groups excluding carboxylic acids is 2. The van der Waals surface area contributed by atoms with Gasteiger partial charge in [0, 0.05) is 22.9 Å². The fourth-order valence-corrected chi connectivity index (χ4v) is 3.03. The topological polar surface area (TPSA) is 72.2 Å². The summed E-state index contributed by atoms with van der Waals surface area (Å²) in [6.45, 7) is 5.26. The first-order chi connectivity index (χ1) is 12.3. The Morgan fingerprint density at radius 1 is 1.12 bits per heavy atom. The lowest BCUT2D eigenvalue weighted by atomic mass is 9.89. The van der Waals surface area contributed by atoms with Crippen molar-refractivity contribution in [1.82, 2.24) is 5.32 Å². The highest BCUT2D eigenvalue weighted by Crippen LogP contribution is 2.30. The summed E-state index contributed by atoms with van der Waals surface area (Å²) in [7, 11) is 0. The number of amides is 1. The lowest BCUT2D eigenvalue weighted by molar-refractivity contribution is -0.123. The molecule has 26 heavy (non-hydrogen) atoms. The summed E-state index contributed by atoms with van der Waals surface area (Å²) >= 11 is 0. The number of nitrogens with one attached hydrogen (secondary N) is 1. The lowest BCUT2D eigenvalue weighted by Crippen LogP contribution is -2.35. The molecular weight excluding hydrogens is 331 g/mol. The molecule has 1 aliphatic rings. The molecule has 1 fully saturated rings. The molecule has 5 heteroatoms. The highest BCUT2D eigenvalue weighted by Gasteiger charge is 2.30. The van der Waals surface area contributed by atoms with Gasteiger partial charge >= 0.3 is 0 Å². The maximum atomic E-state index is 14.3. The number of anilines is 1. The molecule has 4 nitrogen and oxygen atoms in total.